The molecule has 0 fully saturated rings. The summed E-state index contributed by atoms with van der Waals surface area (Å²) in [7, 11) is 0. The van der Waals surface area contributed by atoms with Crippen molar-refractivity contribution in [3.63, 3.8) is 0 Å². The molecule has 108 valence electrons. The summed E-state index contributed by atoms with van der Waals surface area (Å²) in [5.74, 6) is 0.676. The van der Waals surface area contributed by atoms with Crippen molar-refractivity contribution in [1.29, 1.82) is 0 Å². The number of hydrogen-bond donors (Lipinski definition) is 1. The van der Waals surface area contributed by atoms with Crippen LogP contribution in [0.3, 0.4) is 0 Å². The Balaban J connectivity index is 2.59. The van der Waals surface area contributed by atoms with Crippen LogP contribution in [0.5, 0.6) is 0 Å². The first-order valence-electron chi connectivity index (χ1n) is 7.54. The lowest BCUT2D eigenvalue weighted by Crippen LogP contribution is -2.27. The van der Waals surface area contributed by atoms with Crippen molar-refractivity contribution in [2.75, 3.05) is 13.1 Å². The second-order valence-electron chi connectivity index (χ2n) is 5.68. The smallest absolute Gasteiger partial charge is 0.0952 e. The maximum absolute atomic E-state index is 6.23. The van der Waals surface area contributed by atoms with Crippen molar-refractivity contribution < 1.29 is 4.74 Å². The zero-order chi connectivity index (χ0) is 14.1. The summed E-state index contributed by atoms with van der Waals surface area (Å²) in [6.07, 6.45) is 2.72. The molecular weight excluding hydrogens is 234 g/mol. The predicted octanol–water partition coefficient (Wildman–Crippen LogP) is 4.18. The van der Waals surface area contributed by atoms with Crippen molar-refractivity contribution in [2.45, 2.75) is 52.7 Å². The number of ether oxygens (including phenoxy) is 1. The van der Waals surface area contributed by atoms with Crippen LogP contribution in [0, 0.1) is 5.92 Å². The fraction of sp³-hybridized carbons (Fsp3) is 0.647. The van der Waals surface area contributed by atoms with Crippen molar-refractivity contribution in [1.82, 2.24) is 5.32 Å². The zero-order valence-electron chi connectivity index (χ0n) is 12.9. The zero-order valence-corrected chi connectivity index (χ0v) is 12.9. The fourth-order valence-corrected chi connectivity index (χ4v) is 2.32. The Morgan fingerprint density at radius 2 is 1.79 bits per heavy atom. The quantitative estimate of drug-likeness (QED) is 0.675. The Labute approximate surface area is 118 Å². The number of hydrogen-bond acceptors (Lipinski definition) is 2. The van der Waals surface area contributed by atoms with Gasteiger partial charge in [-0.3, -0.25) is 0 Å². The summed E-state index contributed by atoms with van der Waals surface area (Å²) in [6.45, 7) is 10.8. The molecular formula is C17H29NO. The first-order chi connectivity index (χ1) is 9.13. The van der Waals surface area contributed by atoms with E-state index in [0.717, 1.165) is 25.9 Å². The molecule has 19 heavy (non-hydrogen) atoms. The molecule has 0 aromatic heterocycles. The highest BCUT2D eigenvalue weighted by atomic mass is 16.5. The van der Waals surface area contributed by atoms with Gasteiger partial charge < -0.3 is 10.1 Å². The summed E-state index contributed by atoms with van der Waals surface area (Å²) in [5, 5.41) is 3.47. The van der Waals surface area contributed by atoms with Crippen LogP contribution in [0.15, 0.2) is 30.3 Å². The standard InChI is InChI=1S/C17H29NO/c1-5-11-18-13-17(16-9-7-6-8-10-16)19-15(4)12-14(2)3/h6-10,14-15,17-18H,5,11-13H2,1-4H3. The molecule has 0 heterocycles. The van der Waals surface area contributed by atoms with Gasteiger partial charge >= 0.3 is 0 Å². The third kappa shape index (κ3) is 6.74. The number of nitrogens with one attached hydrogen (secondary N) is 1. The van der Waals surface area contributed by atoms with Gasteiger partial charge in [0.25, 0.3) is 0 Å². The highest BCUT2D eigenvalue weighted by Crippen LogP contribution is 2.21. The van der Waals surface area contributed by atoms with Crippen molar-refractivity contribution in [3.05, 3.63) is 35.9 Å². The molecule has 0 bridgehead atoms. The molecule has 0 radical (unpaired) electrons. The highest BCUT2D eigenvalue weighted by molar-refractivity contribution is 5.18. The molecule has 1 rings (SSSR count). The van der Waals surface area contributed by atoms with Crippen LogP contribution in [-0.4, -0.2) is 19.2 Å². The Morgan fingerprint density at radius 3 is 2.37 bits per heavy atom. The van der Waals surface area contributed by atoms with Crippen LogP contribution >= 0.6 is 0 Å². The van der Waals surface area contributed by atoms with Crippen LogP contribution in [0.1, 0.15) is 52.2 Å². The first-order valence-corrected chi connectivity index (χ1v) is 7.54. The lowest BCUT2D eigenvalue weighted by Gasteiger charge is -2.24. The Hall–Kier alpha value is -0.860. The fourth-order valence-electron chi connectivity index (χ4n) is 2.32. The van der Waals surface area contributed by atoms with E-state index in [1.807, 2.05) is 0 Å². The van der Waals surface area contributed by atoms with E-state index in [-0.39, 0.29) is 6.10 Å². The van der Waals surface area contributed by atoms with Gasteiger partial charge in [0, 0.05) is 6.54 Å². The van der Waals surface area contributed by atoms with E-state index < -0.39 is 0 Å². The Kier molecular flexibility index (Phi) is 7.76. The molecule has 0 saturated carbocycles. The van der Waals surface area contributed by atoms with Gasteiger partial charge in [-0.05, 0) is 37.8 Å². The van der Waals surface area contributed by atoms with Crippen LogP contribution in [0.25, 0.3) is 0 Å². The lowest BCUT2D eigenvalue weighted by molar-refractivity contribution is -0.0125. The van der Waals surface area contributed by atoms with Gasteiger partial charge in [-0.15, -0.1) is 0 Å². The first kappa shape index (κ1) is 16.2. The third-order valence-corrected chi connectivity index (χ3v) is 3.13. The molecule has 2 heteroatoms. The van der Waals surface area contributed by atoms with Gasteiger partial charge in [0.1, 0.15) is 0 Å². The number of benzene rings is 1. The molecule has 0 saturated heterocycles. The summed E-state index contributed by atoms with van der Waals surface area (Å²) in [4.78, 5) is 0. The van der Waals surface area contributed by atoms with Gasteiger partial charge in [0.05, 0.1) is 12.2 Å². The molecule has 1 N–H and O–H groups in total. The second kappa shape index (κ2) is 9.11. The van der Waals surface area contributed by atoms with Crippen LogP contribution in [0.2, 0.25) is 0 Å². The predicted molar refractivity (Wildman–Crippen MR) is 82.3 cm³/mol. The maximum Gasteiger partial charge on any atom is 0.0952 e. The molecule has 0 aliphatic carbocycles. The van der Waals surface area contributed by atoms with Crippen molar-refractivity contribution in [3.8, 4) is 0 Å². The average molecular weight is 263 g/mol. The summed E-state index contributed by atoms with van der Waals surface area (Å²) in [5.41, 5.74) is 1.27. The van der Waals surface area contributed by atoms with Crippen LogP contribution < -0.4 is 5.32 Å². The van der Waals surface area contributed by atoms with E-state index in [0.29, 0.717) is 12.0 Å². The lowest BCUT2D eigenvalue weighted by atomic mass is 10.1. The summed E-state index contributed by atoms with van der Waals surface area (Å²) >= 11 is 0. The van der Waals surface area contributed by atoms with E-state index in [2.05, 4.69) is 63.3 Å². The SMILES string of the molecule is CCCNCC(OC(C)CC(C)C)c1ccccc1. The topological polar surface area (TPSA) is 21.3 Å². The minimum atomic E-state index is 0.154. The van der Waals surface area contributed by atoms with E-state index in [4.69, 9.17) is 4.74 Å². The van der Waals surface area contributed by atoms with Gasteiger partial charge in [-0.2, -0.15) is 0 Å². The van der Waals surface area contributed by atoms with Crippen LogP contribution in [-0.2, 0) is 4.74 Å². The second-order valence-corrected chi connectivity index (χ2v) is 5.68. The highest BCUT2D eigenvalue weighted by Gasteiger charge is 2.15. The molecule has 1 aromatic carbocycles. The third-order valence-electron chi connectivity index (χ3n) is 3.13. The van der Waals surface area contributed by atoms with Crippen molar-refractivity contribution in [2.24, 2.45) is 5.92 Å². The van der Waals surface area contributed by atoms with Crippen LogP contribution in [0.4, 0.5) is 0 Å². The minimum Gasteiger partial charge on any atom is -0.369 e. The molecule has 0 aliphatic rings. The molecule has 0 amide bonds. The van der Waals surface area contributed by atoms with Gasteiger partial charge in [-0.1, -0.05) is 51.1 Å². The van der Waals surface area contributed by atoms with Gasteiger partial charge in [-0.25, -0.2) is 0 Å². The minimum absolute atomic E-state index is 0.154. The van der Waals surface area contributed by atoms with Gasteiger partial charge in [0.2, 0.25) is 0 Å². The van der Waals surface area contributed by atoms with Crippen molar-refractivity contribution >= 4 is 0 Å². The average Bonchev–Trinajstić information content (AvgIpc) is 2.38. The monoisotopic (exact) mass is 263 g/mol. The Bertz CT molecular complexity index is 323. The number of rotatable bonds is 9. The van der Waals surface area contributed by atoms with E-state index >= 15 is 0 Å². The van der Waals surface area contributed by atoms with Gasteiger partial charge in [0.15, 0.2) is 0 Å². The summed E-state index contributed by atoms with van der Waals surface area (Å²) < 4.78 is 6.23. The molecule has 0 spiro atoms. The maximum atomic E-state index is 6.23. The molecule has 2 nitrogen and oxygen atoms in total. The molecule has 2 unspecified atom stereocenters. The van der Waals surface area contributed by atoms with E-state index in [1.165, 1.54) is 5.56 Å². The van der Waals surface area contributed by atoms with E-state index in [9.17, 15) is 0 Å². The normalized spacial score (nSPS) is 14.6. The molecule has 1 aromatic rings. The van der Waals surface area contributed by atoms with E-state index in [1.54, 1.807) is 0 Å². The Morgan fingerprint density at radius 1 is 1.11 bits per heavy atom. The molecule has 0 aliphatic heterocycles. The summed E-state index contributed by atoms with van der Waals surface area (Å²) in [6, 6.07) is 10.5. The largest absolute Gasteiger partial charge is 0.369 e. The molecule has 2 atom stereocenters.